The van der Waals surface area contributed by atoms with Crippen LogP contribution >= 0.6 is 0 Å². The fourth-order valence-corrected chi connectivity index (χ4v) is 5.35. The molecular formula is C27H29N3O7. The Hall–Kier alpha value is -4.34. The van der Waals surface area contributed by atoms with Crippen molar-refractivity contribution >= 4 is 11.6 Å². The number of Topliss-reactive ketones (excluding diaryl/α,β-unsaturated/α-hetero) is 1. The van der Waals surface area contributed by atoms with E-state index in [2.05, 4.69) is 15.5 Å². The van der Waals surface area contributed by atoms with Crippen molar-refractivity contribution in [2.75, 3.05) is 40.9 Å². The Morgan fingerprint density at radius 2 is 1.38 bits per heavy atom. The van der Waals surface area contributed by atoms with Gasteiger partial charge < -0.3 is 29.0 Å². The maximum atomic E-state index is 13.8. The number of ether oxygens (including phenoxy) is 5. The SMILES string of the molecule is COc1ccc([C@@H]2CC(=O)C3=C(C2)Nc2[nH][nH]c(=O)c2[C@H]3c2cc(OC)c(OC)cc2OC)cc1OC. The molecule has 0 amide bonds. The van der Waals surface area contributed by atoms with Gasteiger partial charge >= 0.3 is 0 Å². The number of hydrogen-bond donors (Lipinski definition) is 3. The van der Waals surface area contributed by atoms with E-state index in [1.54, 1.807) is 33.5 Å². The number of H-pyrrole nitrogens is 2. The molecule has 0 spiro atoms. The number of ketones is 1. The van der Waals surface area contributed by atoms with Crippen LogP contribution in [0.4, 0.5) is 5.82 Å². The standard InChI is InChI=1S/C27H29N3O7/c1-33-18-7-6-13(10-20(18)35-3)14-8-16-24(17(31)9-14)23(25-26(28-16)29-30-27(25)32)15-11-21(36-4)22(37-5)12-19(15)34-2/h6-7,10-12,14,23H,8-9H2,1-5H3,(H3,28,29,30,32)/t14-,23-/m0/s1. The number of aromatic amines is 2. The molecule has 3 N–H and O–H groups in total. The van der Waals surface area contributed by atoms with E-state index in [4.69, 9.17) is 23.7 Å². The topological polar surface area (TPSA) is 124 Å². The van der Waals surface area contributed by atoms with E-state index < -0.39 is 5.92 Å². The minimum absolute atomic E-state index is 0.0541. The van der Waals surface area contributed by atoms with Gasteiger partial charge in [0.2, 0.25) is 0 Å². The van der Waals surface area contributed by atoms with E-state index in [0.29, 0.717) is 57.7 Å². The van der Waals surface area contributed by atoms with Crippen LogP contribution in [-0.2, 0) is 4.79 Å². The van der Waals surface area contributed by atoms with Gasteiger partial charge in [0.15, 0.2) is 28.8 Å². The Labute approximate surface area is 213 Å². The normalized spacial score (nSPS) is 18.5. The second-order valence-electron chi connectivity index (χ2n) is 8.91. The van der Waals surface area contributed by atoms with E-state index >= 15 is 0 Å². The molecule has 0 unspecified atom stereocenters. The third kappa shape index (κ3) is 3.98. The highest BCUT2D eigenvalue weighted by molar-refractivity contribution is 6.01. The summed E-state index contributed by atoms with van der Waals surface area (Å²) in [6.07, 6.45) is 0.842. The van der Waals surface area contributed by atoms with Crippen molar-refractivity contribution in [1.82, 2.24) is 10.2 Å². The highest BCUT2D eigenvalue weighted by atomic mass is 16.5. The first kappa shape index (κ1) is 24.4. The van der Waals surface area contributed by atoms with Crippen LogP contribution in [0.1, 0.15) is 41.4 Å². The monoisotopic (exact) mass is 507 g/mol. The Morgan fingerprint density at radius 1 is 0.730 bits per heavy atom. The molecule has 2 aliphatic rings. The minimum Gasteiger partial charge on any atom is -0.496 e. The van der Waals surface area contributed by atoms with Gasteiger partial charge in [-0.1, -0.05) is 6.07 Å². The van der Waals surface area contributed by atoms with Crippen LogP contribution in [-0.4, -0.2) is 51.5 Å². The van der Waals surface area contributed by atoms with Crippen LogP contribution < -0.4 is 34.6 Å². The summed E-state index contributed by atoms with van der Waals surface area (Å²) >= 11 is 0. The first-order valence-electron chi connectivity index (χ1n) is 11.8. The quantitative estimate of drug-likeness (QED) is 0.442. The predicted octanol–water partition coefficient (Wildman–Crippen LogP) is 3.70. The zero-order valence-corrected chi connectivity index (χ0v) is 21.3. The smallest absolute Gasteiger partial charge is 0.270 e. The molecule has 0 saturated carbocycles. The van der Waals surface area contributed by atoms with Gasteiger partial charge in [-0.2, -0.15) is 0 Å². The van der Waals surface area contributed by atoms with E-state index in [1.807, 2.05) is 18.2 Å². The Kier molecular flexibility index (Phi) is 6.32. The van der Waals surface area contributed by atoms with Gasteiger partial charge in [-0.3, -0.25) is 19.8 Å². The van der Waals surface area contributed by atoms with Crippen molar-refractivity contribution in [3.05, 3.63) is 68.6 Å². The largest absolute Gasteiger partial charge is 0.496 e. The number of aromatic nitrogens is 2. The number of rotatable bonds is 7. The molecule has 37 heavy (non-hydrogen) atoms. The van der Waals surface area contributed by atoms with Crippen molar-refractivity contribution in [2.24, 2.45) is 0 Å². The van der Waals surface area contributed by atoms with Gasteiger partial charge in [0.05, 0.1) is 47.0 Å². The summed E-state index contributed by atoms with van der Waals surface area (Å²) in [5.74, 6) is 2.39. The van der Waals surface area contributed by atoms with Gasteiger partial charge in [-0.05, 0) is 36.1 Å². The lowest BCUT2D eigenvalue weighted by Gasteiger charge is -2.35. The van der Waals surface area contributed by atoms with Gasteiger partial charge in [0.1, 0.15) is 11.6 Å². The highest BCUT2D eigenvalue weighted by Crippen LogP contribution is 2.50. The van der Waals surface area contributed by atoms with E-state index in [-0.39, 0.29) is 23.7 Å². The average molecular weight is 508 g/mol. The minimum atomic E-state index is -0.658. The summed E-state index contributed by atoms with van der Waals surface area (Å²) in [6, 6.07) is 9.17. The van der Waals surface area contributed by atoms with Crippen molar-refractivity contribution in [1.29, 1.82) is 0 Å². The highest BCUT2D eigenvalue weighted by Gasteiger charge is 2.42. The van der Waals surface area contributed by atoms with Gasteiger partial charge in [-0.15, -0.1) is 0 Å². The first-order valence-corrected chi connectivity index (χ1v) is 11.8. The van der Waals surface area contributed by atoms with E-state index in [9.17, 15) is 9.59 Å². The molecule has 0 radical (unpaired) electrons. The average Bonchev–Trinajstić information content (AvgIpc) is 3.30. The van der Waals surface area contributed by atoms with Crippen LogP contribution in [0.3, 0.4) is 0 Å². The molecule has 0 fully saturated rings. The number of allylic oxidation sites excluding steroid dienone is 2. The van der Waals surface area contributed by atoms with Crippen LogP contribution in [0.5, 0.6) is 28.7 Å². The third-order valence-electron chi connectivity index (χ3n) is 7.10. The van der Waals surface area contributed by atoms with E-state index in [1.165, 1.54) is 14.2 Å². The van der Waals surface area contributed by atoms with Crippen molar-refractivity contribution in [3.8, 4) is 28.7 Å². The molecule has 0 saturated heterocycles. The number of hydrogen-bond acceptors (Lipinski definition) is 8. The molecule has 10 heteroatoms. The summed E-state index contributed by atoms with van der Waals surface area (Å²) in [7, 11) is 7.79. The van der Waals surface area contributed by atoms with Gasteiger partial charge in [0.25, 0.3) is 5.56 Å². The van der Waals surface area contributed by atoms with Crippen LogP contribution in [0, 0.1) is 0 Å². The number of benzene rings is 2. The summed E-state index contributed by atoms with van der Waals surface area (Å²) in [5, 5.41) is 8.89. The number of nitrogens with one attached hydrogen (secondary N) is 3. The maximum Gasteiger partial charge on any atom is 0.270 e. The lowest BCUT2D eigenvalue weighted by Crippen LogP contribution is -2.31. The third-order valence-corrected chi connectivity index (χ3v) is 7.10. The maximum absolute atomic E-state index is 13.8. The number of anilines is 1. The fraction of sp³-hybridized carbons (Fsp3) is 0.333. The molecule has 5 rings (SSSR count). The van der Waals surface area contributed by atoms with Gasteiger partial charge in [0, 0.05) is 29.3 Å². The van der Waals surface area contributed by atoms with Crippen molar-refractivity contribution in [2.45, 2.75) is 24.7 Å². The summed E-state index contributed by atoms with van der Waals surface area (Å²) < 4.78 is 27.5. The Bertz CT molecular complexity index is 1450. The van der Waals surface area contributed by atoms with Crippen LogP contribution in [0.25, 0.3) is 0 Å². The molecule has 2 aromatic carbocycles. The molecule has 194 valence electrons. The fourth-order valence-electron chi connectivity index (χ4n) is 5.35. The molecule has 1 aliphatic carbocycles. The first-order chi connectivity index (χ1) is 17.9. The molecular weight excluding hydrogens is 478 g/mol. The summed E-state index contributed by atoms with van der Waals surface area (Å²) in [5.41, 5.74) is 3.00. The van der Waals surface area contributed by atoms with Gasteiger partial charge in [-0.25, -0.2) is 0 Å². The van der Waals surface area contributed by atoms with Crippen LogP contribution in [0.15, 0.2) is 46.4 Å². The number of fused-ring (bicyclic) bond motifs is 1. The summed E-state index contributed by atoms with van der Waals surface area (Å²) in [6.45, 7) is 0. The Balaban J connectivity index is 1.64. The predicted molar refractivity (Wildman–Crippen MR) is 137 cm³/mol. The van der Waals surface area contributed by atoms with E-state index in [0.717, 1.165) is 11.3 Å². The molecule has 0 bridgehead atoms. The Morgan fingerprint density at radius 3 is 2.05 bits per heavy atom. The second-order valence-corrected chi connectivity index (χ2v) is 8.91. The zero-order valence-electron chi connectivity index (χ0n) is 21.3. The summed E-state index contributed by atoms with van der Waals surface area (Å²) in [4.78, 5) is 26.8. The molecule has 1 aliphatic heterocycles. The van der Waals surface area contributed by atoms with Crippen molar-refractivity contribution in [3.63, 3.8) is 0 Å². The van der Waals surface area contributed by atoms with Crippen LogP contribution in [0.2, 0.25) is 0 Å². The molecule has 2 atom stereocenters. The number of carbonyl (C=O) groups is 1. The number of methoxy groups -OCH3 is 5. The second kappa shape index (κ2) is 9.61. The zero-order chi connectivity index (χ0) is 26.3. The molecule has 2 heterocycles. The molecule has 1 aromatic heterocycles. The lowest BCUT2D eigenvalue weighted by molar-refractivity contribution is -0.116. The lowest BCUT2D eigenvalue weighted by atomic mass is 9.72. The molecule has 3 aromatic rings. The molecule has 10 nitrogen and oxygen atoms in total. The number of carbonyl (C=O) groups excluding carboxylic acids is 1. The van der Waals surface area contributed by atoms with Crippen molar-refractivity contribution < 1.29 is 28.5 Å².